The average Bonchev–Trinajstić information content (AvgIpc) is 3.59. The highest BCUT2D eigenvalue weighted by atomic mass is 16.5. The molecule has 0 N–H and O–H groups in total. The third-order valence-electron chi connectivity index (χ3n) is 6.75. The van der Waals surface area contributed by atoms with Crippen molar-refractivity contribution < 1.29 is 9.15 Å². The van der Waals surface area contributed by atoms with E-state index in [0.717, 1.165) is 29.6 Å². The summed E-state index contributed by atoms with van der Waals surface area (Å²) < 4.78 is 12.9. The normalized spacial score (nSPS) is 13.9. The highest BCUT2D eigenvalue weighted by Crippen LogP contribution is 2.33. The Balaban J connectivity index is 1.48. The van der Waals surface area contributed by atoms with Gasteiger partial charge in [0.05, 0.1) is 29.6 Å². The Morgan fingerprint density at radius 3 is 2.64 bits per heavy atom. The van der Waals surface area contributed by atoms with Gasteiger partial charge in [-0.3, -0.25) is 4.79 Å². The Hall–Kier alpha value is -4.39. The molecule has 5 aromatic rings. The molecule has 7 nitrogen and oxygen atoms in total. The molecular formula is C29H26N4O3. The summed E-state index contributed by atoms with van der Waals surface area (Å²) in [4.78, 5) is 20.7. The summed E-state index contributed by atoms with van der Waals surface area (Å²) in [6, 6.07) is 21.1. The minimum atomic E-state index is -0.259. The van der Waals surface area contributed by atoms with Gasteiger partial charge in [0, 0.05) is 18.8 Å². The van der Waals surface area contributed by atoms with E-state index in [1.807, 2.05) is 42.5 Å². The molecule has 0 bridgehead atoms. The standard InChI is InChI=1S/C29H26N4O3/c1-19-16-21(32-14-5-6-15-32)13-12-20(19)18-30-33-28(31-24-9-4-3-8-22(24)29(33)34)27-17-23-25(35-2)10-7-11-26(23)36-27/h3-4,7-13,16-18H,5-6,14-15H2,1-2H3. The van der Waals surface area contributed by atoms with E-state index >= 15 is 0 Å². The maximum Gasteiger partial charge on any atom is 0.282 e. The van der Waals surface area contributed by atoms with Crippen LogP contribution in [0.1, 0.15) is 24.0 Å². The van der Waals surface area contributed by atoms with Crippen LogP contribution >= 0.6 is 0 Å². The first-order chi connectivity index (χ1) is 17.6. The van der Waals surface area contributed by atoms with Gasteiger partial charge >= 0.3 is 0 Å². The van der Waals surface area contributed by atoms with Gasteiger partial charge in [-0.1, -0.05) is 24.3 Å². The number of benzene rings is 3. The second-order valence-corrected chi connectivity index (χ2v) is 9.03. The van der Waals surface area contributed by atoms with E-state index in [1.165, 1.54) is 23.2 Å². The molecule has 1 aliphatic rings. The lowest BCUT2D eigenvalue weighted by molar-refractivity contribution is 0.419. The van der Waals surface area contributed by atoms with Crippen LogP contribution in [0.4, 0.5) is 5.69 Å². The number of ether oxygens (including phenoxy) is 1. The number of rotatable bonds is 5. The summed E-state index contributed by atoms with van der Waals surface area (Å²) in [7, 11) is 1.62. The number of hydrogen-bond acceptors (Lipinski definition) is 6. The van der Waals surface area contributed by atoms with Crippen molar-refractivity contribution in [1.82, 2.24) is 9.66 Å². The summed E-state index contributed by atoms with van der Waals surface area (Å²) in [6.07, 6.45) is 4.18. The zero-order valence-electron chi connectivity index (χ0n) is 20.3. The fraction of sp³-hybridized carbons (Fsp3) is 0.207. The molecule has 6 rings (SSSR count). The maximum absolute atomic E-state index is 13.5. The van der Waals surface area contributed by atoms with Crippen LogP contribution < -0.4 is 15.2 Å². The number of hydrogen-bond donors (Lipinski definition) is 0. The van der Waals surface area contributed by atoms with Gasteiger partial charge in [-0.2, -0.15) is 9.78 Å². The van der Waals surface area contributed by atoms with Crippen molar-refractivity contribution >= 4 is 33.8 Å². The van der Waals surface area contributed by atoms with Gasteiger partial charge in [-0.15, -0.1) is 0 Å². The molecule has 0 amide bonds. The molecule has 0 radical (unpaired) electrons. The predicted molar refractivity (Wildman–Crippen MR) is 143 cm³/mol. The number of aromatic nitrogens is 2. The molecule has 180 valence electrons. The van der Waals surface area contributed by atoms with Gasteiger partial charge < -0.3 is 14.1 Å². The molecule has 36 heavy (non-hydrogen) atoms. The Bertz CT molecular complexity index is 1680. The van der Waals surface area contributed by atoms with Crippen molar-refractivity contribution in [2.24, 2.45) is 5.10 Å². The SMILES string of the molecule is COc1cccc2oc(-c3nc4ccccc4c(=O)n3N=Cc3ccc(N4CCCC4)cc3C)cc12. The van der Waals surface area contributed by atoms with E-state index in [0.29, 0.717) is 33.8 Å². The van der Waals surface area contributed by atoms with Gasteiger partial charge in [-0.05, 0) is 73.4 Å². The van der Waals surface area contributed by atoms with E-state index in [9.17, 15) is 4.79 Å². The fourth-order valence-electron chi connectivity index (χ4n) is 4.81. The van der Waals surface area contributed by atoms with E-state index < -0.39 is 0 Å². The molecule has 1 saturated heterocycles. The van der Waals surface area contributed by atoms with Gasteiger partial charge in [0.25, 0.3) is 5.56 Å². The van der Waals surface area contributed by atoms with Crippen molar-refractivity contribution in [3.8, 4) is 17.3 Å². The second-order valence-electron chi connectivity index (χ2n) is 9.03. The number of aryl methyl sites for hydroxylation is 1. The lowest BCUT2D eigenvalue weighted by atomic mass is 10.1. The van der Waals surface area contributed by atoms with Crippen LogP contribution in [0.25, 0.3) is 33.5 Å². The Morgan fingerprint density at radius 1 is 1.00 bits per heavy atom. The van der Waals surface area contributed by atoms with Crippen LogP contribution in [-0.2, 0) is 0 Å². The number of furan rings is 1. The van der Waals surface area contributed by atoms with E-state index in [4.69, 9.17) is 14.1 Å². The smallest absolute Gasteiger partial charge is 0.282 e. The van der Waals surface area contributed by atoms with Crippen LogP contribution in [0.5, 0.6) is 5.75 Å². The van der Waals surface area contributed by atoms with Crippen LogP contribution in [0.3, 0.4) is 0 Å². The van der Waals surface area contributed by atoms with Crippen LogP contribution in [0.2, 0.25) is 0 Å². The molecule has 0 saturated carbocycles. The van der Waals surface area contributed by atoms with Gasteiger partial charge in [0.1, 0.15) is 11.3 Å². The Labute approximate surface area is 208 Å². The predicted octanol–water partition coefficient (Wildman–Crippen LogP) is 5.61. The molecule has 0 atom stereocenters. The molecule has 0 aliphatic carbocycles. The van der Waals surface area contributed by atoms with E-state index in [-0.39, 0.29) is 5.56 Å². The molecule has 1 aliphatic heterocycles. The first-order valence-electron chi connectivity index (χ1n) is 12.1. The fourth-order valence-corrected chi connectivity index (χ4v) is 4.81. The molecular weight excluding hydrogens is 452 g/mol. The van der Waals surface area contributed by atoms with Crippen molar-refractivity contribution in [3.63, 3.8) is 0 Å². The summed E-state index contributed by atoms with van der Waals surface area (Å²) in [5.41, 5.74) is 4.24. The molecule has 0 spiro atoms. The van der Waals surface area contributed by atoms with Crippen molar-refractivity contribution in [2.75, 3.05) is 25.1 Å². The maximum atomic E-state index is 13.5. The molecule has 0 unspecified atom stereocenters. The minimum Gasteiger partial charge on any atom is -0.496 e. The summed E-state index contributed by atoms with van der Waals surface area (Å²) in [5.74, 6) is 1.46. The highest BCUT2D eigenvalue weighted by Gasteiger charge is 2.18. The van der Waals surface area contributed by atoms with Gasteiger partial charge in [0.2, 0.25) is 5.82 Å². The van der Waals surface area contributed by atoms with E-state index in [1.54, 1.807) is 19.4 Å². The number of methoxy groups -OCH3 is 1. The number of para-hydroxylation sites is 1. The first-order valence-corrected chi connectivity index (χ1v) is 12.1. The molecule has 1 fully saturated rings. The third-order valence-corrected chi connectivity index (χ3v) is 6.75. The van der Waals surface area contributed by atoms with Crippen molar-refractivity contribution in [2.45, 2.75) is 19.8 Å². The molecule has 7 heteroatoms. The number of fused-ring (bicyclic) bond motifs is 2. The number of anilines is 1. The van der Waals surface area contributed by atoms with Gasteiger partial charge in [-0.25, -0.2) is 4.98 Å². The van der Waals surface area contributed by atoms with E-state index in [2.05, 4.69) is 35.1 Å². The lowest BCUT2D eigenvalue weighted by Crippen LogP contribution is -2.20. The average molecular weight is 479 g/mol. The minimum absolute atomic E-state index is 0.259. The largest absolute Gasteiger partial charge is 0.496 e. The Kier molecular flexibility index (Phi) is 5.52. The first kappa shape index (κ1) is 22.1. The summed E-state index contributed by atoms with van der Waals surface area (Å²) in [5, 5.41) is 5.92. The second kappa shape index (κ2) is 9.00. The summed E-state index contributed by atoms with van der Waals surface area (Å²) >= 11 is 0. The van der Waals surface area contributed by atoms with Crippen LogP contribution in [0, 0.1) is 6.92 Å². The van der Waals surface area contributed by atoms with Crippen molar-refractivity contribution in [3.05, 3.63) is 88.2 Å². The van der Waals surface area contributed by atoms with Gasteiger partial charge in [0.15, 0.2) is 5.76 Å². The molecule has 2 aromatic heterocycles. The monoisotopic (exact) mass is 478 g/mol. The molecule has 3 aromatic carbocycles. The number of nitrogens with zero attached hydrogens (tertiary/aromatic N) is 4. The van der Waals surface area contributed by atoms with Crippen LogP contribution in [-0.4, -0.2) is 36.1 Å². The summed E-state index contributed by atoms with van der Waals surface area (Å²) in [6.45, 7) is 4.25. The van der Waals surface area contributed by atoms with Crippen LogP contribution in [0.15, 0.2) is 81.0 Å². The van der Waals surface area contributed by atoms with Crippen molar-refractivity contribution in [1.29, 1.82) is 0 Å². The topological polar surface area (TPSA) is 72.9 Å². The third kappa shape index (κ3) is 3.82. The zero-order chi connectivity index (χ0) is 24.6. The lowest BCUT2D eigenvalue weighted by Gasteiger charge is -2.18. The molecule has 3 heterocycles. The highest BCUT2D eigenvalue weighted by molar-refractivity contribution is 5.89. The zero-order valence-corrected chi connectivity index (χ0v) is 20.3. The Morgan fingerprint density at radius 2 is 1.83 bits per heavy atom. The quantitative estimate of drug-likeness (QED) is 0.307.